The fraction of sp³-hybridized carbons (Fsp3) is 0.500. The molecule has 21 heavy (non-hydrogen) atoms. The molecule has 0 saturated carbocycles. The molecule has 0 unspecified atom stereocenters. The second-order valence-corrected chi connectivity index (χ2v) is 5.57. The van der Waals surface area contributed by atoms with E-state index in [2.05, 4.69) is 19.2 Å². The summed E-state index contributed by atoms with van der Waals surface area (Å²) in [6.07, 6.45) is 1.17. The summed E-state index contributed by atoms with van der Waals surface area (Å²) >= 11 is 0. The summed E-state index contributed by atoms with van der Waals surface area (Å²) in [5.41, 5.74) is 0.895. The van der Waals surface area contributed by atoms with E-state index in [4.69, 9.17) is 0 Å². The fourth-order valence-corrected chi connectivity index (χ4v) is 1.96. The van der Waals surface area contributed by atoms with Gasteiger partial charge < -0.3 is 15.3 Å². The van der Waals surface area contributed by atoms with Crippen molar-refractivity contribution in [1.29, 1.82) is 0 Å². The molecule has 0 bridgehead atoms. The molecule has 0 saturated heterocycles. The molecule has 5 heteroatoms. The van der Waals surface area contributed by atoms with E-state index in [9.17, 15) is 14.7 Å². The molecule has 0 aromatic heterocycles. The van der Waals surface area contributed by atoms with E-state index in [0.29, 0.717) is 18.9 Å². The van der Waals surface area contributed by atoms with Crippen LogP contribution in [0.4, 0.5) is 4.79 Å². The summed E-state index contributed by atoms with van der Waals surface area (Å²) in [6, 6.07) is 8.10. The molecular weight excluding hydrogens is 268 g/mol. The number of urea groups is 1. The van der Waals surface area contributed by atoms with Crippen molar-refractivity contribution in [2.75, 3.05) is 13.6 Å². The van der Waals surface area contributed by atoms with Crippen LogP contribution in [0.2, 0.25) is 0 Å². The zero-order chi connectivity index (χ0) is 15.8. The van der Waals surface area contributed by atoms with E-state index in [1.54, 1.807) is 0 Å². The van der Waals surface area contributed by atoms with Gasteiger partial charge in [0.1, 0.15) is 6.04 Å². The predicted octanol–water partition coefficient (Wildman–Crippen LogP) is 2.37. The highest BCUT2D eigenvalue weighted by atomic mass is 16.4. The third-order valence-corrected chi connectivity index (χ3v) is 3.34. The Morgan fingerprint density at radius 2 is 1.86 bits per heavy atom. The molecule has 1 aromatic rings. The van der Waals surface area contributed by atoms with Gasteiger partial charge in [0.15, 0.2) is 0 Å². The summed E-state index contributed by atoms with van der Waals surface area (Å²) < 4.78 is 0. The average Bonchev–Trinajstić information content (AvgIpc) is 2.44. The van der Waals surface area contributed by atoms with Crippen LogP contribution in [0.25, 0.3) is 0 Å². The Morgan fingerprint density at radius 3 is 2.38 bits per heavy atom. The fourth-order valence-electron chi connectivity index (χ4n) is 1.96. The molecule has 116 valence electrons. The Balaban J connectivity index is 2.63. The smallest absolute Gasteiger partial charge is 0.326 e. The maximum atomic E-state index is 12.0. The van der Waals surface area contributed by atoms with Crippen molar-refractivity contribution in [3.05, 3.63) is 35.9 Å². The summed E-state index contributed by atoms with van der Waals surface area (Å²) in [7, 11) is 1.52. The van der Waals surface area contributed by atoms with Crippen LogP contribution in [0.1, 0.15) is 25.8 Å². The number of nitrogens with one attached hydrogen (secondary N) is 1. The van der Waals surface area contributed by atoms with Gasteiger partial charge in [-0.05, 0) is 17.9 Å². The van der Waals surface area contributed by atoms with Crippen LogP contribution in [-0.2, 0) is 11.2 Å². The normalized spacial score (nSPS) is 12.0. The van der Waals surface area contributed by atoms with Crippen LogP contribution in [0.3, 0.4) is 0 Å². The Bertz CT molecular complexity index is 460. The van der Waals surface area contributed by atoms with Gasteiger partial charge in [0.2, 0.25) is 0 Å². The van der Waals surface area contributed by atoms with Gasteiger partial charge in [-0.1, -0.05) is 44.2 Å². The molecule has 0 fully saturated rings. The third kappa shape index (κ3) is 5.85. The van der Waals surface area contributed by atoms with Crippen molar-refractivity contribution in [2.24, 2.45) is 5.92 Å². The molecular formula is C16H24N2O3. The number of rotatable bonds is 7. The second-order valence-electron chi connectivity index (χ2n) is 5.57. The number of amides is 2. The first-order chi connectivity index (χ1) is 9.91. The lowest BCUT2D eigenvalue weighted by Crippen LogP contribution is -2.48. The molecule has 5 nitrogen and oxygen atoms in total. The van der Waals surface area contributed by atoms with Gasteiger partial charge in [0.05, 0.1) is 0 Å². The monoisotopic (exact) mass is 292 g/mol. The third-order valence-electron chi connectivity index (χ3n) is 3.34. The number of hydrogen-bond acceptors (Lipinski definition) is 2. The number of likely N-dealkylation sites (N-methyl/N-ethyl adjacent to an activating group) is 1. The number of hydrogen-bond donors (Lipinski definition) is 2. The molecule has 1 aromatic carbocycles. The minimum absolute atomic E-state index is 0.296. The van der Waals surface area contributed by atoms with E-state index in [-0.39, 0.29) is 6.03 Å². The molecule has 2 N–H and O–H groups in total. The van der Waals surface area contributed by atoms with Gasteiger partial charge in [-0.3, -0.25) is 0 Å². The summed E-state index contributed by atoms with van der Waals surface area (Å²) in [4.78, 5) is 24.7. The van der Waals surface area contributed by atoms with Crippen LogP contribution >= 0.6 is 0 Å². The number of carbonyl (C=O) groups excluding carboxylic acids is 1. The number of aliphatic carboxylic acids is 1. The lowest BCUT2D eigenvalue weighted by Gasteiger charge is -2.25. The molecule has 0 aliphatic rings. The van der Waals surface area contributed by atoms with E-state index < -0.39 is 12.0 Å². The Kier molecular flexibility index (Phi) is 6.72. The molecule has 1 atom stereocenters. The summed E-state index contributed by atoms with van der Waals surface area (Å²) in [6.45, 7) is 4.70. The first-order valence-electron chi connectivity index (χ1n) is 7.19. The van der Waals surface area contributed by atoms with Crippen molar-refractivity contribution in [3.63, 3.8) is 0 Å². The number of carboxylic acids is 1. The van der Waals surface area contributed by atoms with Crippen molar-refractivity contribution >= 4 is 12.0 Å². The number of nitrogens with zero attached hydrogens (tertiary/aromatic N) is 1. The topological polar surface area (TPSA) is 69.6 Å². The summed E-state index contributed by atoms with van der Waals surface area (Å²) in [5, 5.41) is 12.1. The molecule has 0 aliphatic heterocycles. The molecule has 0 radical (unpaired) electrons. The highest BCUT2D eigenvalue weighted by Gasteiger charge is 2.26. The number of carbonyl (C=O) groups is 2. The van der Waals surface area contributed by atoms with Crippen LogP contribution in [-0.4, -0.2) is 41.6 Å². The predicted molar refractivity (Wildman–Crippen MR) is 82.2 cm³/mol. The van der Waals surface area contributed by atoms with E-state index in [1.807, 2.05) is 30.3 Å². The Hall–Kier alpha value is -2.04. The largest absolute Gasteiger partial charge is 0.480 e. The highest BCUT2D eigenvalue weighted by Crippen LogP contribution is 2.09. The van der Waals surface area contributed by atoms with Gasteiger partial charge >= 0.3 is 12.0 Å². The SMILES string of the molecule is CC(C)CCNC(=O)N(C)[C@@H](Cc1ccccc1)C(=O)O. The highest BCUT2D eigenvalue weighted by molar-refractivity contribution is 5.82. The van der Waals surface area contributed by atoms with E-state index in [0.717, 1.165) is 12.0 Å². The number of benzene rings is 1. The Labute approximate surface area is 126 Å². The Morgan fingerprint density at radius 1 is 1.24 bits per heavy atom. The zero-order valence-electron chi connectivity index (χ0n) is 12.9. The van der Waals surface area contributed by atoms with Gasteiger partial charge in [0.25, 0.3) is 0 Å². The van der Waals surface area contributed by atoms with Gasteiger partial charge in [-0.25, -0.2) is 9.59 Å². The van der Waals surface area contributed by atoms with Crippen LogP contribution < -0.4 is 5.32 Å². The standard InChI is InChI=1S/C16H24N2O3/c1-12(2)9-10-17-16(21)18(3)14(15(19)20)11-13-7-5-4-6-8-13/h4-8,12,14H,9-11H2,1-3H3,(H,17,21)(H,19,20)/t14-/m0/s1. The molecule has 2 amide bonds. The quantitative estimate of drug-likeness (QED) is 0.810. The van der Waals surface area contributed by atoms with Crippen molar-refractivity contribution in [2.45, 2.75) is 32.7 Å². The van der Waals surface area contributed by atoms with Crippen molar-refractivity contribution < 1.29 is 14.7 Å². The minimum Gasteiger partial charge on any atom is -0.480 e. The maximum Gasteiger partial charge on any atom is 0.326 e. The lowest BCUT2D eigenvalue weighted by molar-refractivity contribution is -0.141. The molecule has 0 heterocycles. The van der Waals surface area contributed by atoms with Crippen molar-refractivity contribution in [1.82, 2.24) is 10.2 Å². The van der Waals surface area contributed by atoms with E-state index >= 15 is 0 Å². The van der Waals surface area contributed by atoms with Crippen LogP contribution in [0.15, 0.2) is 30.3 Å². The first-order valence-corrected chi connectivity index (χ1v) is 7.19. The molecule has 0 spiro atoms. The van der Waals surface area contributed by atoms with Gasteiger partial charge in [-0.15, -0.1) is 0 Å². The first kappa shape index (κ1) is 17.0. The van der Waals surface area contributed by atoms with Gasteiger partial charge in [0, 0.05) is 20.0 Å². The number of carboxylic acid groups (broad SMARTS) is 1. The average molecular weight is 292 g/mol. The summed E-state index contributed by atoms with van der Waals surface area (Å²) in [5.74, 6) is -0.504. The van der Waals surface area contributed by atoms with E-state index in [1.165, 1.54) is 11.9 Å². The van der Waals surface area contributed by atoms with Gasteiger partial charge in [-0.2, -0.15) is 0 Å². The maximum absolute atomic E-state index is 12.0. The van der Waals surface area contributed by atoms with Crippen LogP contribution in [0.5, 0.6) is 0 Å². The molecule has 0 aliphatic carbocycles. The van der Waals surface area contributed by atoms with Crippen molar-refractivity contribution in [3.8, 4) is 0 Å². The van der Waals surface area contributed by atoms with Crippen LogP contribution in [0, 0.1) is 5.92 Å². The lowest BCUT2D eigenvalue weighted by atomic mass is 10.1. The zero-order valence-corrected chi connectivity index (χ0v) is 12.9. The molecule has 1 rings (SSSR count). The second kappa shape index (κ2) is 8.29. The minimum atomic E-state index is -1.000.